The molecular formula is C21H33N5O2. The van der Waals surface area contributed by atoms with Crippen LogP contribution in [0.25, 0.3) is 0 Å². The largest absolute Gasteiger partial charge is 0.468 e. The molecular weight excluding hydrogens is 354 g/mol. The number of nitrogens with zero attached hydrogens (tertiary/aromatic N) is 3. The van der Waals surface area contributed by atoms with Crippen molar-refractivity contribution in [2.75, 3.05) is 26.7 Å². The first-order chi connectivity index (χ1) is 13.8. The third-order valence-electron chi connectivity index (χ3n) is 5.43. The third-order valence-corrected chi connectivity index (χ3v) is 5.43. The molecule has 0 spiro atoms. The third kappa shape index (κ3) is 4.95. The second kappa shape index (κ2) is 10.3. The van der Waals surface area contributed by atoms with Crippen LogP contribution in [0.4, 0.5) is 0 Å². The maximum Gasteiger partial charge on any atom is 0.191 e. The summed E-state index contributed by atoms with van der Waals surface area (Å²) in [5.41, 5.74) is 2.16. The molecule has 3 heterocycles. The molecule has 1 saturated heterocycles. The molecule has 2 N–H and O–H groups in total. The Labute approximate surface area is 167 Å². The van der Waals surface area contributed by atoms with Gasteiger partial charge < -0.3 is 19.6 Å². The van der Waals surface area contributed by atoms with Crippen LogP contribution in [0.2, 0.25) is 0 Å². The molecule has 1 atom stereocenters. The van der Waals surface area contributed by atoms with Crippen LogP contribution in [0.5, 0.6) is 0 Å². The molecule has 0 bridgehead atoms. The van der Waals surface area contributed by atoms with Gasteiger partial charge in [-0.2, -0.15) is 0 Å². The van der Waals surface area contributed by atoms with E-state index in [0.717, 1.165) is 61.2 Å². The zero-order chi connectivity index (χ0) is 19.8. The Morgan fingerprint density at radius 2 is 2.04 bits per heavy atom. The summed E-state index contributed by atoms with van der Waals surface area (Å²) >= 11 is 0. The van der Waals surface area contributed by atoms with Crippen molar-refractivity contribution in [3.8, 4) is 0 Å². The predicted molar refractivity (Wildman–Crippen MR) is 110 cm³/mol. The van der Waals surface area contributed by atoms with Gasteiger partial charge in [-0.3, -0.25) is 9.89 Å². The van der Waals surface area contributed by atoms with Crippen LogP contribution >= 0.6 is 0 Å². The fraction of sp³-hybridized carbons (Fsp3) is 0.619. The highest BCUT2D eigenvalue weighted by Crippen LogP contribution is 2.24. The lowest BCUT2D eigenvalue weighted by Gasteiger charge is -2.33. The quantitative estimate of drug-likeness (QED) is 0.535. The minimum absolute atomic E-state index is 0.210. The van der Waals surface area contributed by atoms with Gasteiger partial charge in [0.1, 0.15) is 11.5 Å². The van der Waals surface area contributed by atoms with Gasteiger partial charge in [0, 0.05) is 32.1 Å². The standard InChI is InChI=1S/C21H33N5O2/c1-4-17-16(19(5-2)28-25-17)14-23-21(22-3)24-15-18(20-10-9-13-27-20)26-11-7-6-8-12-26/h9-10,13,18H,4-8,11-12,14-15H2,1-3H3,(H2,22,23,24). The Morgan fingerprint density at radius 3 is 2.68 bits per heavy atom. The number of hydrogen-bond acceptors (Lipinski definition) is 5. The average Bonchev–Trinajstić information content (AvgIpc) is 3.40. The number of hydrogen-bond donors (Lipinski definition) is 2. The highest BCUT2D eigenvalue weighted by molar-refractivity contribution is 5.79. The van der Waals surface area contributed by atoms with E-state index in [4.69, 9.17) is 8.94 Å². The summed E-state index contributed by atoms with van der Waals surface area (Å²) in [5, 5.41) is 11.1. The van der Waals surface area contributed by atoms with Gasteiger partial charge in [0.15, 0.2) is 5.96 Å². The Hall–Kier alpha value is -2.28. The summed E-state index contributed by atoms with van der Waals surface area (Å²) in [6.45, 7) is 7.81. The number of rotatable bonds is 8. The van der Waals surface area contributed by atoms with Gasteiger partial charge in [-0.05, 0) is 44.5 Å². The van der Waals surface area contributed by atoms with E-state index in [2.05, 4.69) is 45.6 Å². The first kappa shape index (κ1) is 20.5. The van der Waals surface area contributed by atoms with Crippen molar-refractivity contribution in [2.24, 2.45) is 4.99 Å². The lowest BCUT2D eigenvalue weighted by atomic mass is 10.1. The molecule has 0 saturated carbocycles. The molecule has 3 rings (SSSR count). The molecule has 0 aliphatic carbocycles. The van der Waals surface area contributed by atoms with Gasteiger partial charge in [-0.15, -0.1) is 0 Å². The number of likely N-dealkylation sites (tertiary alicyclic amines) is 1. The van der Waals surface area contributed by atoms with E-state index in [1.165, 1.54) is 19.3 Å². The van der Waals surface area contributed by atoms with Gasteiger partial charge >= 0.3 is 0 Å². The second-order valence-corrected chi connectivity index (χ2v) is 7.17. The fourth-order valence-electron chi connectivity index (χ4n) is 3.84. The molecule has 28 heavy (non-hydrogen) atoms. The van der Waals surface area contributed by atoms with E-state index in [0.29, 0.717) is 6.54 Å². The van der Waals surface area contributed by atoms with Crippen LogP contribution in [0.15, 0.2) is 32.3 Å². The van der Waals surface area contributed by atoms with Gasteiger partial charge in [-0.1, -0.05) is 25.4 Å². The lowest BCUT2D eigenvalue weighted by molar-refractivity contribution is 0.146. The molecule has 1 aliphatic rings. The SMILES string of the molecule is CCc1noc(CC)c1CNC(=NC)NCC(c1ccco1)N1CCCCC1. The van der Waals surface area contributed by atoms with Crippen molar-refractivity contribution in [1.29, 1.82) is 0 Å². The summed E-state index contributed by atoms with van der Waals surface area (Å²) in [4.78, 5) is 6.90. The molecule has 2 aromatic heterocycles. The van der Waals surface area contributed by atoms with Crippen LogP contribution < -0.4 is 10.6 Å². The van der Waals surface area contributed by atoms with Crippen LogP contribution in [0, 0.1) is 0 Å². The van der Waals surface area contributed by atoms with E-state index in [1.54, 1.807) is 13.3 Å². The number of nitrogens with one attached hydrogen (secondary N) is 2. The number of furan rings is 1. The smallest absolute Gasteiger partial charge is 0.191 e. The molecule has 1 fully saturated rings. The first-order valence-corrected chi connectivity index (χ1v) is 10.4. The molecule has 7 heteroatoms. The van der Waals surface area contributed by atoms with Crippen molar-refractivity contribution in [3.63, 3.8) is 0 Å². The number of aliphatic imine (C=N–C) groups is 1. The van der Waals surface area contributed by atoms with Crippen LogP contribution in [0.1, 0.15) is 61.9 Å². The number of aromatic nitrogens is 1. The summed E-state index contributed by atoms with van der Waals surface area (Å²) in [6, 6.07) is 4.24. The van der Waals surface area contributed by atoms with Crippen molar-refractivity contribution in [1.82, 2.24) is 20.7 Å². The predicted octanol–water partition coefficient (Wildman–Crippen LogP) is 3.28. The van der Waals surface area contributed by atoms with Gasteiger partial charge in [0.25, 0.3) is 0 Å². The van der Waals surface area contributed by atoms with E-state index in [1.807, 2.05) is 6.07 Å². The van der Waals surface area contributed by atoms with Crippen LogP contribution in [-0.2, 0) is 19.4 Å². The summed E-state index contributed by atoms with van der Waals surface area (Å²) in [6.07, 6.45) is 7.27. The van der Waals surface area contributed by atoms with E-state index < -0.39 is 0 Å². The maximum atomic E-state index is 5.73. The van der Waals surface area contributed by atoms with E-state index >= 15 is 0 Å². The Kier molecular flexibility index (Phi) is 7.54. The molecule has 0 radical (unpaired) electrons. The van der Waals surface area contributed by atoms with Crippen LogP contribution in [-0.4, -0.2) is 42.7 Å². The Morgan fingerprint density at radius 1 is 1.21 bits per heavy atom. The van der Waals surface area contributed by atoms with Crippen molar-refractivity contribution < 1.29 is 8.94 Å². The Balaban J connectivity index is 1.61. The van der Waals surface area contributed by atoms with Gasteiger partial charge in [0.05, 0.1) is 18.0 Å². The molecule has 2 aromatic rings. The molecule has 1 unspecified atom stereocenters. The summed E-state index contributed by atoms with van der Waals surface area (Å²) < 4.78 is 11.2. The highest BCUT2D eigenvalue weighted by Gasteiger charge is 2.24. The van der Waals surface area contributed by atoms with Crippen molar-refractivity contribution in [3.05, 3.63) is 41.2 Å². The topological polar surface area (TPSA) is 78.8 Å². The molecule has 154 valence electrons. The van der Waals surface area contributed by atoms with Crippen molar-refractivity contribution >= 4 is 5.96 Å². The van der Waals surface area contributed by atoms with Gasteiger partial charge in [0.2, 0.25) is 0 Å². The number of aryl methyl sites for hydroxylation is 2. The maximum absolute atomic E-state index is 5.73. The number of guanidine groups is 1. The second-order valence-electron chi connectivity index (χ2n) is 7.17. The van der Waals surface area contributed by atoms with Gasteiger partial charge in [-0.25, -0.2) is 0 Å². The molecule has 0 amide bonds. The zero-order valence-electron chi connectivity index (χ0n) is 17.3. The minimum Gasteiger partial charge on any atom is -0.468 e. The average molecular weight is 388 g/mol. The zero-order valence-corrected chi connectivity index (χ0v) is 17.3. The summed E-state index contributed by atoms with van der Waals surface area (Å²) in [5.74, 6) is 2.73. The van der Waals surface area contributed by atoms with Crippen LogP contribution in [0.3, 0.4) is 0 Å². The number of piperidine rings is 1. The molecule has 0 aromatic carbocycles. The minimum atomic E-state index is 0.210. The monoisotopic (exact) mass is 387 g/mol. The lowest BCUT2D eigenvalue weighted by Crippen LogP contribution is -2.44. The summed E-state index contributed by atoms with van der Waals surface area (Å²) in [7, 11) is 1.80. The van der Waals surface area contributed by atoms with Crippen molar-refractivity contribution in [2.45, 2.75) is 58.5 Å². The molecule has 7 nitrogen and oxygen atoms in total. The van der Waals surface area contributed by atoms with E-state index in [9.17, 15) is 0 Å². The fourth-order valence-corrected chi connectivity index (χ4v) is 3.84. The Bertz CT molecular complexity index is 711. The van der Waals surface area contributed by atoms with E-state index in [-0.39, 0.29) is 6.04 Å². The highest BCUT2D eigenvalue weighted by atomic mass is 16.5. The molecule has 1 aliphatic heterocycles. The first-order valence-electron chi connectivity index (χ1n) is 10.4. The normalized spacial score (nSPS) is 16.9.